The molecule has 0 spiro atoms. The zero-order chi connectivity index (χ0) is 12.1. The first-order valence-corrected chi connectivity index (χ1v) is 5.07. The van der Waals surface area contributed by atoms with Gasteiger partial charge in [-0.1, -0.05) is 18.6 Å². The van der Waals surface area contributed by atoms with E-state index in [9.17, 15) is 9.59 Å². The number of benzene rings is 1. The third-order valence-corrected chi connectivity index (χ3v) is 2.18. The number of carbonyl (C=O) groups excluding carboxylic acids is 2. The standard InChI is InChI=1S/C12H15NO3/c1-4-11(14)13-10-6-5-8(2)7-9(10)12(15)16-3/h5-7H,4H2,1-3H3,(H,13,14). The fraction of sp³-hybridized carbons (Fsp3) is 0.333. The van der Waals surface area contributed by atoms with Crippen molar-refractivity contribution in [3.63, 3.8) is 0 Å². The minimum Gasteiger partial charge on any atom is -0.465 e. The van der Waals surface area contributed by atoms with Crippen molar-refractivity contribution in [2.75, 3.05) is 12.4 Å². The quantitative estimate of drug-likeness (QED) is 0.795. The maximum absolute atomic E-state index is 11.5. The van der Waals surface area contributed by atoms with E-state index in [4.69, 9.17) is 0 Å². The van der Waals surface area contributed by atoms with E-state index in [1.54, 1.807) is 19.1 Å². The summed E-state index contributed by atoms with van der Waals surface area (Å²) in [6.07, 6.45) is 0.370. The fourth-order valence-electron chi connectivity index (χ4n) is 1.28. The zero-order valence-electron chi connectivity index (χ0n) is 9.66. The lowest BCUT2D eigenvalue weighted by Gasteiger charge is -2.09. The third-order valence-electron chi connectivity index (χ3n) is 2.18. The molecule has 0 bridgehead atoms. The van der Waals surface area contributed by atoms with Crippen molar-refractivity contribution >= 4 is 17.6 Å². The van der Waals surface area contributed by atoms with Gasteiger partial charge in [0.05, 0.1) is 18.4 Å². The Morgan fingerprint density at radius 1 is 1.38 bits per heavy atom. The van der Waals surface area contributed by atoms with Crippen LogP contribution in [-0.2, 0) is 9.53 Å². The molecule has 1 amide bonds. The van der Waals surface area contributed by atoms with Crippen LogP contribution in [0.25, 0.3) is 0 Å². The first-order valence-electron chi connectivity index (χ1n) is 5.07. The van der Waals surface area contributed by atoms with Gasteiger partial charge in [-0.05, 0) is 19.1 Å². The largest absolute Gasteiger partial charge is 0.465 e. The highest BCUT2D eigenvalue weighted by Crippen LogP contribution is 2.18. The molecule has 0 saturated carbocycles. The number of nitrogens with one attached hydrogen (secondary N) is 1. The van der Waals surface area contributed by atoms with Crippen molar-refractivity contribution in [2.45, 2.75) is 20.3 Å². The van der Waals surface area contributed by atoms with Crippen LogP contribution in [0.3, 0.4) is 0 Å². The van der Waals surface area contributed by atoms with Crippen LogP contribution in [0.1, 0.15) is 29.3 Å². The Morgan fingerprint density at radius 3 is 2.62 bits per heavy atom. The van der Waals surface area contributed by atoms with Crippen LogP contribution in [0, 0.1) is 6.92 Å². The molecule has 0 atom stereocenters. The van der Waals surface area contributed by atoms with Crippen molar-refractivity contribution in [3.8, 4) is 0 Å². The lowest BCUT2D eigenvalue weighted by molar-refractivity contribution is -0.115. The van der Waals surface area contributed by atoms with Gasteiger partial charge in [-0.25, -0.2) is 4.79 Å². The summed E-state index contributed by atoms with van der Waals surface area (Å²) in [6, 6.07) is 5.23. The zero-order valence-corrected chi connectivity index (χ0v) is 9.66. The van der Waals surface area contributed by atoms with Crippen LogP contribution < -0.4 is 5.32 Å². The number of methoxy groups -OCH3 is 1. The molecule has 0 aliphatic carbocycles. The molecule has 86 valence electrons. The highest BCUT2D eigenvalue weighted by atomic mass is 16.5. The number of ether oxygens (including phenoxy) is 1. The van der Waals surface area contributed by atoms with E-state index in [1.165, 1.54) is 7.11 Å². The molecule has 0 heterocycles. The van der Waals surface area contributed by atoms with E-state index in [0.29, 0.717) is 17.7 Å². The topological polar surface area (TPSA) is 55.4 Å². The van der Waals surface area contributed by atoms with Crippen molar-refractivity contribution in [1.82, 2.24) is 0 Å². The van der Waals surface area contributed by atoms with Crippen molar-refractivity contribution in [3.05, 3.63) is 29.3 Å². The van der Waals surface area contributed by atoms with Gasteiger partial charge in [-0.3, -0.25) is 4.79 Å². The van der Waals surface area contributed by atoms with Crippen molar-refractivity contribution in [1.29, 1.82) is 0 Å². The molecule has 1 N–H and O–H groups in total. The number of carbonyl (C=O) groups is 2. The molecule has 0 unspecified atom stereocenters. The van der Waals surface area contributed by atoms with E-state index in [2.05, 4.69) is 10.1 Å². The van der Waals surface area contributed by atoms with Crippen LogP contribution in [0.2, 0.25) is 0 Å². The molecule has 1 aromatic rings. The average molecular weight is 221 g/mol. The summed E-state index contributed by atoms with van der Waals surface area (Å²) in [5, 5.41) is 2.66. The number of aryl methyl sites for hydroxylation is 1. The number of esters is 1. The molecule has 0 saturated heterocycles. The van der Waals surface area contributed by atoms with Crippen molar-refractivity contribution < 1.29 is 14.3 Å². The smallest absolute Gasteiger partial charge is 0.339 e. The second kappa shape index (κ2) is 5.30. The van der Waals surface area contributed by atoms with Crippen LogP contribution >= 0.6 is 0 Å². The highest BCUT2D eigenvalue weighted by Gasteiger charge is 2.13. The van der Waals surface area contributed by atoms with Crippen LogP contribution in [-0.4, -0.2) is 19.0 Å². The number of hydrogen-bond donors (Lipinski definition) is 1. The van der Waals surface area contributed by atoms with Crippen molar-refractivity contribution in [2.24, 2.45) is 0 Å². The van der Waals surface area contributed by atoms with Gasteiger partial charge >= 0.3 is 5.97 Å². The van der Waals surface area contributed by atoms with E-state index in [1.807, 2.05) is 13.0 Å². The Kier molecular flexibility index (Phi) is 4.05. The normalized spacial score (nSPS) is 9.69. The second-order valence-corrected chi connectivity index (χ2v) is 3.44. The molecule has 0 aliphatic heterocycles. The average Bonchev–Trinajstić information content (AvgIpc) is 2.30. The Balaban J connectivity index is 3.07. The van der Waals surface area contributed by atoms with E-state index < -0.39 is 5.97 Å². The number of hydrogen-bond acceptors (Lipinski definition) is 3. The first-order chi connectivity index (χ1) is 7.58. The van der Waals surface area contributed by atoms with Gasteiger partial charge in [0.25, 0.3) is 0 Å². The fourth-order valence-corrected chi connectivity index (χ4v) is 1.28. The number of anilines is 1. The van der Waals surface area contributed by atoms with Gasteiger partial charge in [0.1, 0.15) is 0 Å². The number of amides is 1. The minimum absolute atomic E-state index is 0.131. The van der Waals surface area contributed by atoms with Gasteiger partial charge in [-0.15, -0.1) is 0 Å². The van der Waals surface area contributed by atoms with Gasteiger partial charge in [0, 0.05) is 6.42 Å². The molecule has 1 rings (SSSR count). The summed E-state index contributed by atoms with van der Waals surface area (Å²) in [5.74, 6) is -0.580. The molecular formula is C12H15NO3. The Labute approximate surface area is 94.6 Å². The Hall–Kier alpha value is -1.84. The van der Waals surface area contributed by atoms with Crippen LogP contribution in [0.15, 0.2) is 18.2 Å². The van der Waals surface area contributed by atoms with Gasteiger partial charge < -0.3 is 10.1 Å². The highest BCUT2D eigenvalue weighted by molar-refractivity contribution is 6.01. The maximum atomic E-state index is 11.5. The predicted molar refractivity (Wildman–Crippen MR) is 61.4 cm³/mol. The van der Waals surface area contributed by atoms with Crippen LogP contribution in [0.5, 0.6) is 0 Å². The monoisotopic (exact) mass is 221 g/mol. The third kappa shape index (κ3) is 2.82. The van der Waals surface area contributed by atoms with E-state index in [0.717, 1.165) is 5.56 Å². The lowest BCUT2D eigenvalue weighted by Crippen LogP contribution is -2.14. The van der Waals surface area contributed by atoms with Gasteiger partial charge in [-0.2, -0.15) is 0 Å². The molecule has 1 aromatic carbocycles. The van der Waals surface area contributed by atoms with E-state index >= 15 is 0 Å². The molecule has 0 fully saturated rings. The second-order valence-electron chi connectivity index (χ2n) is 3.44. The first kappa shape index (κ1) is 12.2. The molecular weight excluding hydrogens is 206 g/mol. The molecule has 0 radical (unpaired) electrons. The molecule has 16 heavy (non-hydrogen) atoms. The van der Waals surface area contributed by atoms with Crippen LogP contribution in [0.4, 0.5) is 5.69 Å². The summed E-state index contributed by atoms with van der Waals surface area (Å²) in [6.45, 7) is 3.62. The lowest BCUT2D eigenvalue weighted by atomic mass is 10.1. The molecule has 0 aromatic heterocycles. The Bertz CT molecular complexity index is 413. The predicted octanol–water partition coefficient (Wildman–Crippen LogP) is 2.13. The van der Waals surface area contributed by atoms with E-state index in [-0.39, 0.29) is 5.91 Å². The summed E-state index contributed by atoms with van der Waals surface area (Å²) < 4.78 is 4.66. The summed E-state index contributed by atoms with van der Waals surface area (Å²) in [5.41, 5.74) is 1.81. The Morgan fingerprint density at radius 2 is 2.06 bits per heavy atom. The molecule has 0 aliphatic rings. The SMILES string of the molecule is CCC(=O)Nc1ccc(C)cc1C(=O)OC. The van der Waals surface area contributed by atoms with Gasteiger partial charge in [0.15, 0.2) is 0 Å². The molecule has 4 nitrogen and oxygen atoms in total. The summed E-state index contributed by atoms with van der Waals surface area (Å²) in [4.78, 5) is 22.7. The minimum atomic E-state index is -0.449. The number of rotatable bonds is 3. The molecule has 4 heteroatoms. The summed E-state index contributed by atoms with van der Waals surface area (Å²) >= 11 is 0. The summed E-state index contributed by atoms with van der Waals surface area (Å²) in [7, 11) is 1.32. The maximum Gasteiger partial charge on any atom is 0.339 e. The van der Waals surface area contributed by atoms with Gasteiger partial charge in [0.2, 0.25) is 5.91 Å².